The molecule has 0 spiro atoms. The van der Waals surface area contributed by atoms with Crippen LogP contribution in [0.5, 0.6) is 5.75 Å². The third kappa shape index (κ3) is 4.91. The van der Waals surface area contributed by atoms with Gasteiger partial charge in [-0.1, -0.05) is 11.8 Å². The van der Waals surface area contributed by atoms with E-state index in [2.05, 4.69) is 20.8 Å². The fourth-order valence-electron chi connectivity index (χ4n) is 3.99. The summed E-state index contributed by atoms with van der Waals surface area (Å²) in [7, 11) is 1.61. The van der Waals surface area contributed by atoms with Crippen LogP contribution >= 0.6 is 23.1 Å². The van der Waals surface area contributed by atoms with E-state index in [-0.39, 0.29) is 17.6 Å². The summed E-state index contributed by atoms with van der Waals surface area (Å²) in [6.07, 6.45) is 7.94. The maximum Gasteiger partial charge on any atom is 0.258 e. The van der Waals surface area contributed by atoms with Crippen molar-refractivity contribution < 1.29 is 14.3 Å². The van der Waals surface area contributed by atoms with Gasteiger partial charge in [0.2, 0.25) is 5.91 Å². The monoisotopic (exact) mass is 483 g/mol. The van der Waals surface area contributed by atoms with Gasteiger partial charge in [0.1, 0.15) is 17.1 Å². The number of fused-ring (bicyclic) bond motifs is 1. The number of ether oxygens (including phenoxy) is 1. The fourth-order valence-corrected chi connectivity index (χ4v) is 6.08. The molecular formula is C23H25N5O3S2. The summed E-state index contributed by atoms with van der Waals surface area (Å²) < 4.78 is 7.22. The Bertz CT molecular complexity index is 1170. The first-order valence-corrected chi connectivity index (χ1v) is 12.8. The average Bonchev–Trinajstić information content (AvgIpc) is 3.44. The molecule has 2 heterocycles. The first-order chi connectivity index (χ1) is 16.1. The number of methoxy groups -OCH3 is 1. The van der Waals surface area contributed by atoms with Crippen molar-refractivity contribution in [3.8, 4) is 5.75 Å². The third-order valence-electron chi connectivity index (χ3n) is 5.81. The van der Waals surface area contributed by atoms with Crippen molar-refractivity contribution in [2.45, 2.75) is 49.7 Å². The van der Waals surface area contributed by atoms with Crippen molar-refractivity contribution in [3.05, 3.63) is 46.6 Å². The second-order valence-corrected chi connectivity index (χ2v) is 10.2. The van der Waals surface area contributed by atoms with Gasteiger partial charge in [0, 0.05) is 16.6 Å². The number of aryl methyl sites for hydroxylation is 1. The van der Waals surface area contributed by atoms with Crippen LogP contribution in [0.4, 0.5) is 10.7 Å². The number of thioether (sulfide) groups is 1. The SMILES string of the molecule is COc1ccc(NC(=O)c2c(NC(=O)CSc3nncn3C3CC3)sc3c2CCCC3)cc1. The quantitative estimate of drug-likeness (QED) is 0.456. The molecule has 0 aliphatic heterocycles. The number of nitrogens with one attached hydrogen (secondary N) is 2. The highest BCUT2D eigenvalue weighted by Crippen LogP contribution is 2.39. The van der Waals surface area contributed by atoms with Gasteiger partial charge in [0.05, 0.1) is 18.4 Å². The summed E-state index contributed by atoms with van der Waals surface area (Å²) in [5.74, 6) is 0.593. The van der Waals surface area contributed by atoms with Gasteiger partial charge in [-0.15, -0.1) is 21.5 Å². The van der Waals surface area contributed by atoms with Crippen molar-refractivity contribution in [1.29, 1.82) is 0 Å². The predicted octanol–water partition coefficient (Wildman–Crippen LogP) is 4.55. The first-order valence-electron chi connectivity index (χ1n) is 11.0. The van der Waals surface area contributed by atoms with Gasteiger partial charge in [0.15, 0.2) is 5.16 Å². The number of carbonyl (C=O) groups is 2. The Morgan fingerprint density at radius 3 is 2.73 bits per heavy atom. The molecule has 0 bridgehead atoms. The molecule has 1 aromatic carbocycles. The minimum Gasteiger partial charge on any atom is -0.497 e. The largest absolute Gasteiger partial charge is 0.497 e. The van der Waals surface area contributed by atoms with E-state index in [1.54, 1.807) is 37.7 Å². The second-order valence-electron chi connectivity index (χ2n) is 8.19. The van der Waals surface area contributed by atoms with Crippen LogP contribution in [0.25, 0.3) is 0 Å². The summed E-state index contributed by atoms with van der Waals surface area (Å²) in [5.41, 5.74) is 2.34. The molecule has 2 N–H and O–H groups in total. The van der Waals surface area contributed by atoms with Gasteiger partial charge >= 0.3 is 0 Å². The number of carbonyl (C=O) groups excluding carboxylic acids is 2. The smallest absolute Gasteiger partial charge is 0.258 e. The van der Waals surface area contributed by atoms with E-state index in [0.717, 1.165) is 55.0 Å². The van der Waals surface area contributed by atoms with Crippen LogP contribution in [-0.2, 0) is 17.6 Å². The Morgan fingerprint density at radius 1 is 1.18 bits per heavy atom. The topological polar surface area (TPSA) is 98.1 Å². The van der Waals surface area contributed by atoms with Crippen molar-refractivity contribution in [1.82, 2.24) is 14.8 Å². The molecule has 2 aromatic heterocycles. The van der Waals surface area contributed by atoms with E-state index >= 15 is 0 Å². The highest BCUT2D eigenvalue weighted by Gasteiger charge is 2.28. The highest BCUT2D eigenvalue weighted by atomic mass is 32.2. The van der Waals surface area contributed by atoms with E-state index in [1.165, 1.54) is 28.0 Å². The maximum atomic E-state index is 13.3. The van der Waals surface area contributed by atoms with Crippen molar-refractivity contribution >= 4 is 45.6 Å². The summed E-state index contributed by atoms with van der Waals surface area (Å²) in [5, 5.41) is 15.5. The fraction of sp³-hybridized carbons (Fsp3) is 0.391. The van der Waals surface area contributed by atoms with Crippen molar-refractivity contribution in [2.75, 3.05) is 23.5 Å². The Balaban J connectivity index is 1.31. The van der Waals surface area contributed by atoms with Crippen LogP contribution in [0.1, 0.15) is 52.5 Å². The number of amides is 2. The zero-order chi connectivity index (χ0) is 22.8. The number of thiophene rings is 1. The van der Waals surface area contributed by atoms with Crippen molar-refractivity contribution in [2.24, 2.45) is 0 Å². The lowest BCUT2D eigenvalue weighted by atomic mass is 9.95. The zero-order valence-electron chi connectivity index (χ0n) is 18.3. The minimum atomic E-state index is -0.198. The number of hydrogen-bond donors (Lipinski definition) is 2. The molecular weight excluding hydrogens is 458 g/mol. The van der Waals surface area contributed by atoms with Crippen LogP contribution in [0.15, 0.2) is 35.7 Å². The molecule has 2 aliphatic carbocycles. The van der Waals surface area contributed by atoms with Gasteiger partial charge in [-0.25, -0.2) is 0 Å². The van der Waals surface area contributed by atoms with Crippen LogP contribution in [0.2, 0.25) is 0 Å². The maximum absolute atomic E-state index is 13.3. The molecule has 3 aromatic rings. The normalized spacial score (nSPS) is 15.1. The molecule has 0 unspecified atom stereocenters. The molecule has 0 saturated heterocycles. The van der Waals surface area contributed by atoms with Gasteiger partial charge in [-0.3, -0.25) is 9.59 Å². The highest BCUT2D eigenvalue weighted by molar-refractivity contribution is 7.99. The van der Waals surface area contributed by atoms with Crippen LogP contribution in [-0.4, -0.2) is 39.4 Å². The zero-order valence-corrected chi connectivity index (χ0v) is 19.9. The third-order valence-corrected chi connectivity index (χ3v) is 7.98. The molecule has 1 saturated carbocycles. The number of hydrogen-bond acceptors (Lipinski definition) is 7. The predicted molar refractivity (Wildman–Crippen MR) is 130 cm³/mol. The van der Waals surface area contributed by atoms with Crippen LogP contribution < -0.4 is 15.4 Å². The second kappa shape index (κ2) is 9.56. The van der Waals surface area contributed by atoms with Gasteiger partial charge in [-0.05, 0) is 68.4 Å². The van der Waals surface area contributed by atoms with E-state index in [0.29, 0.717) is 22.3 Å². The van der Waals surface area contributed by atoms with Gasteiger partial charge in [-0.2, -0.15) is 0 Å². The molecule has 33 heavy (non-hydrogen) atoms. The number of rotatable bonds is 8. The summed E-state index contributed by atoms with van der Waals surface area (Å²) in [6.45, 7) is 0. The van der Waals surface area contributed by atoms with E-state index in [1.807, 2.05) is 4.57 Å². The molecule has 172 valence electrons. The molecule has 5 rings (SSSR count). The van der Waals surface area contributed by atoms with E-state index in [4.69, 9.17) is 4.74 Å². The van der Waals surface area contributed by atoms with E-state index in [9.17, 15) is 9.59 Å². The summed E-state index contributed by atoms with van der Waals surface area (Å²) in [4.78, 5) is 27.2. The summed E-state index contributed by atoms with van der Waals surface area (Å²) in [6, 6.07) is 7.68. The first kappa shape index (κ1) is 22.0. The molecule has 10 heteroatoms. The number of aromatic nitrogens is 3. The van der Waals surface area contributed by atoms with Crippen molar-refractivity contribution in [3.63, 3.8) is 0 Å². The number of benzene rings is 1. The molecule has 1 fully saturated rings. The molecule has 0 atom stereocenters. The Morgan fingerprint density at radius 2 is 1.97 bits per heavy atom. The minimum absolute atomic E-state index is 0.151. The molecule has 0 radical (unpaired) electrons. The average molecular weight is 484 g/mol. The Labute approximate surface area is 200 Å². The standard InChI is InChI=1S/C23H25N5O3S2/c1-31-16-10-6-14(7-11-16)25-21(30)20-17-4-2-3-5-18(17)33-22(20)26-19(29)12-32-23-27-24-13-28(23)15-8-9-15/h6-7,10-11,13,15H,2-5,8-9,12H2,1H3,(H,25,30)(H,26,29). The van der Waals surface area contributed by atoms with Gasteiger partial charge < -0.3 is 19.9 Å². The molecule has 2 aliphatic rings. The molecule has 2 amide bonds. The number of anilines is 2. The lowest BCUT2D eigenvalue weighted by molar-refractivity contribution is -0.113. The lowest BCUT2D eigenvalue weighted by Gasteiger charge is -2.13. The van der Waals surface area contributed by atoms with Gasteiger partial charge in [0.25, 0.3) is 5.91 Å². The lowest BCUT2D eigenvalue weighted by Crippen LogP contribution is -2.19. The Hall–Kier alpha value is -2.85. The van der Waals surface area contributed by atoms with Crippen LogP contribution in [0.3, 0.4) is 0 Å². The number of nitrogens with zero attached hydrogens (tertiary/aromatic N) is 3. The van der Waals surface area contributed by atoms with Crippen LogP contribution in [0, 0.1) is 0 Å². The Kier molecular flexibility index (Phi) is 6.37. The molecule has 8 nitrogen and oxygen atoms in total. The van der Waals surface area contributed by atoms with E-state index < -0.39 is 0 Å². The summed E-state index contributed by atoms with van der Waals surface area (Å²) >= 11 is 2.90.